The first-order valence-electron chi connectivity index (χ1n) is 8.25. The first-order chi connectivity index (χ1) is 12.8. The van der Waals surface area contributed by atoms with Crippen molar-refractivity contribution in [2.75, 3.05) is 0 Å². The van der Waals surface area contributed by atoms with Crippen molar-refractivity contribution in [1.29, 1.82) is 0 Å². The molecule has 0 aliphatic heterocycles. The molecule has 0 atom stereocenters. The van der Waals surface area contributed by atoms with Gasteiger partial charge in [-0.2, -0.15) is 5.10 Å². The van der Waals surface area contributed by atoms with E-state index in [-0.39, 0.29) is 17.7 Å². The highest BCUT2D eigenvalue weighted by Crippen LogP contribution is 2.27. The molecule has 2 aromatic carbocycles. The molecule has 0 aliphatic carbocycles. The summed E-state index contributed by atoms with van der Waals surface area (Å²) in [5, 5.41) is 8.84. The predicted molar refractivity (Wildman–Crippen MR) is 97.5 cm³/mol. The molecule has 3 aromatic rings. The molecule has 138 valence electrons. The number of nitrogens with one attached hydrogen (secondary N) is 2. The van der Waals surface area contributed by atoms with E-state index in [9.17, 15) is 18.4 Å². The van der Waals surface area contributed by atoms with Crippen molar-refractivity contribution in [1.82, 2.24) is 15.5 Å². The first-order valence-corrected chi connectivity index (χ1v) is 8.25. The molecule has 0 radical (unpaired) electrons. The van der Waals surface area contributed by atoms with Gasteiger partial charge < -0.3 is 5.32 Å². The molecular weight excluding hydrogens is 352 g/mol. The van der Waals surface area contributed by atoms with Gasteiger partial charge in [0.15, 0.2) is 0 Å². The van der Waals surface area contributed by atoms with Gasteiger partial charge in [0.05, 0.1) is 5.69 Å². The van der Waals surface area contributed by atoms with E-state index < -0.39 is 17.4 Å². The molecule has 1 amide bonds. The summed E-state index contributed by atoms with van der Waals surface area (Å²) in [5.41, 5.74) is 0.856. The molecule has 0 saturated heterocycles. The number of amides is 1. The van der Waals surface area contributed by atoms with E-state index in [4.69, 9.17) is 0 Å². The number of carbonyl (C=O) groups excluding carboxylic acids is 1. The number of carbonyl (C=O) groups is 1. The predicted octanol–water partition coefficient (Wildman–Crippen LogP) is 3.48. The summed E-state index contributed by atoms with van der Waals surface area (Å²) in [7, 11) is 0. The van der Waals surface area contributed by atoms with Crippen LogP contribution in [0, 0.1) is 0 Å². The maximum absolute atomic E-state index is 13.4. The minimum Gasteiger partial charge on any atom is -0.348 e. The number of rotatable bonds is 5. The molecule has 0 unspecified atom stereocenters. The number of hydrogen-bond acceptors (Lipinski definition) is 3. The maximum atomic E-state index is 13.4. The normalized spacial score (nSPS) is 11.2. The lowest BCUT2D eigenvalue weighted by Gasteiger charge is -2.12. The largest absolute Gasteiger partial charge is 0.348 e. The van der Waals surface area contributed by atoms with Crippen molar-refractivity contribution in [3.05, 3.63) is 87.7 Å². The van der Waals surface area contributed by atoms with Gasteiger partial charge >= 0.3 is 0 Å². The van der Waals surface area contributed by atoms with Gasteiger partial charge in [0, 0.05) is 24.6 Å². The Balaban J connectivity index is 1.78. The highest BCUT2D eigenvalue weighted by molar-refractivity contribution is 5.94. The van der Waals surface area contributed by atoms with Crippen molar-refractivity contribution >= 4 is 5.91 Å². The third-order valence-electron chi connectivity index (χ3n) is 4.00. The Hall–Kier alpha value is -3.35. The van der Waals surface area contributed by atoms with Crippen LogP contribution in [0.5, 0.6) is 0 Å². The fourth-order valence-electron chi connectivity index (χ4n) is 2.56. The van der Waals surface area contributed by atoms with Crippen LogP contribution in [0.15, 0.2) is 65.5 Å². The molecule has 1 aromatic heterocycles. The van der Waals surface area contributed by atoms with Crippen LogP contribution in [0.2, 0.25) is 0 Å². The summed E-state index contributed by atoms with van der Waals surface area (Å²) in [6.45, 7) is 0.831. The summed E-state index contributed by atoms with van der Waals surface area (Å²) < 4.78 is 26.8. The van der Waals surface area contributed by atoms with E-state index >= 15 is 0 Å². The molecule has 0 saturated carbocycles. The molecule has 0 aliphatic rings. The molecule has 1 heterocycles. The summed E-state index contributed by atoms with van der Waals surface area (Å²) in [5.74, 6) is -3.57. The number of alkyl halides is 2. The van der Waals surface area contributed by atoms with Crippen LogP contribution < -0.4 is 10.9 Å². The van der Waals surface area contributed by atoms with E-state index in [1.807, 2.05) is 18.2 Å². The standard InChI is InChI=1S/C20H17F2N3O2/c1-20(21,22)15-9-5-6-13(10-15)12-23-18(26)16-11-17(24-25-19(16)27)14-7-3-2-4-8-14/h2-11H,12H2,1H3,(H,23,26)(H,25,27). The van der Waals surface area contributed by atoms with E-state index in [1.165, 1.54) is 24.3 Å². The van der Waals surface area contributed by atoms with Gasteiger partial charge in [-0.25, -0.2) is 13.9 Å². The third-order valence-corrected chi connectivity index (χ3v) is 4.00. The minimum atomic E-state index is -2.97. The zero-order chi connectivity index (χ0) is 19.4. The Bertz CT molecular complexity index is 1010. The monoisotopic (exact) mass is 369 g/mol. The molecule has 0 fully saturated rings. The van der Waals surface area contributed by atoms with E-state index in [2.05, 4.69) is 15.5 Å². The van der Waals surface area contributed by atoms with Crippen LogP contribution in [0.25, 0.3) is 11.3 Å². The summed E-state index contributed by atoms with van der Waals surface area (Å²) >= 11 is 0. The SMILES string of the molecule is CC(F)(F)c1cccc(CNC(=O)c2cc(-c3ccccc3)n[nH]c2=O)c1. The zero-order valence-corrected chi connectivity index (χ0v) is 14.5. The number of aromatic amines is 1. The highest BCUT2D eigenvalue weighted by atomic mass is 19.3. The van der Waals surface area contributed by atoms with Gasteiger partial charge in [0.2, 0.25) is 0 Å². The molecule has 0 spiro atoms. The van der Waals surface area contributed by atoms with Gasteiger partial charge in [-0.1, -0.05) is 48.5 Å². The maximum Gasteiger partial charge on any atom is 0.277 e. The van der Waals surface area contributed by atoms with Crippen molar-refractivity contribution in [2.45, 2.75) is 19.4 Å². The highest BCUT2D eigenvalue weighted by Gasteiger charge is 2.24. The summed E-state index contributed by atoms with van der Waals surface area (Å²) in [4.78, 5) is 24.4. The lowest BCUT2D eigenvalue weighted by Crippen LogP contribution is -2.29. The minimum absolute atomic E-state index is 0.0190. The Morgan fingerprint density at radius 1 is 1.11 bits per heavy atom. The number of benzene rings is 2. The lowest BCUT2D eigenvalue weighted by atomic mass is 10.1. The zero-order valence-electron chi connectivity index (χ0n) is 14.5. The van der Waals surface area contributed by atoms with Gasteiger partial charge in [0.1, 0.15) is 5.56 Å². The van der Waals surface area contributed by atoms with Crippen LogP contribution in [-0.4, -0.2) is 16.1 Å². The van der Waals surface area contributed by atoms with Crippen LogP contribution in [0.1, 0.15) is 28.4 Å². The third kappa shape index (κ3) is 4.44. The summed E-state index contributed by atoms with van der Waals surface area (Å²) in [6, 6.07) is 16.3. The topological polar surface area (TPSA) is 74.8 Å². The summed E-state index contributed by atoms with van der Waals surface area (Å²) in [6.07, 6.45) is 0. The second-order valence-electron chi connectivity index (χ2n) is 6.13. The van der Waals surface area contributed by atoms with Gasteiger partial charge in [-0.3, -0.25) is 9.59 Å². The molecule has 5 nitrogen and oxygen atoms in total. The first kappa shape index (κ1) is 18.4. The van der Waals surface area contributed by atoms with Gasteiger partial charge in [-0.05, 0) is 17.7 Å². The lowest BCUT2D eigenvalue weighted by molar-refractivity contribution is 0.0174. The number of hydrogen-bond donors (Lipinski definition) is 2. The number of halogens is 2. The average molecular weight is 369 g/mol. The van der Waals surface area contributed by atoms with Gasteiger partial charge in [-0.15, -0.1) is 0 Å². The second kappa shape index (κ2) is 7.49. The van der Waals surface area contributed by atoms with Crippen LogP contribution in [-0.2, 0) is 12.5 Å². The fraction of sp³-hybridized carbons (Fsp3) is 0.150. The smallest absolute Gasteiger partial charge is 0.277 e. The quantitative estimate of drug-likeness (QED) is 0.723. The van der Waals surface area contributed by atoms with Crippen LogP contribution in [0.3, 0.4) is 0 Å². The number of H-pyrrole nitrogens is 1. The Morgan fingerprint density at radius 2 is 1.85 bits per heavy atom. The van der Waals surface area contributed by atoms with Crippen LogP contribution in [0.4, 0.5) is 8.78 Å². The Morgan fingerprint density at radius 3 is 2.56 bits per heavy atom. The Kier molecular flexibility index (Phi) is 5.12. The number of aromatic nitrogens is 2. The van der Waals surface area contributed by atoms with E-state index in [1.54, 1.807) is 18.2 Å². The van der Waals surface area contributed by atoms with E-state index in [0.717, 1.165) is 12.5 Å². The fourth-order valence-corrected chi connectivity index (χ4v) is 2.56. The molecule has 3 rings (SSSR count). The molecule has 7 heteroatoms. The Labute approximate surface area is 154 Å². The molecule has 27 heavy (non-hydrogen) atoms. The van der Waals surface area contributed by atoms with Crippen molar-refractivity contribution < 1.29 is 13.6 Å². The van der Waals surface area contributed by atoms with Gasteiger partial charge in [0.25, 0.3) is 17.4 Å². The van der Waals surface area contributed by atoms with Crippen molar-refractivity contribution in [2.24, 2.45) is 0 Å². The van der Waals surface area contributed by atoms with E-state index in [0.29, 0.717) is 11.3 Å². The molecule has 2 N–H and O–H groups in total. The molecule has 0 bridgehead atoms. The number of nitrogens with zero attached hydrogens (tertiary/aromatic N) is 1. The van der Waals surface area contributed by atoms with Crippen LogP contribution >= 0.6 is 0 Å². The second-order valence-corrected chi connectivity index (χ2v) is 6.13. The van der Waals surface area contributed by atoms with Crippen molar-refractivity contribution in [3.63, 3.8) is 0 Å². The van der Waals surface area contributed by atoms with Crippen molar-refractivity contribution in [3.8, 4) is 11.3 Å². The average Bonchev–Trinajstić information content (AvgIpc) is 2.67. The molecular formula is C20H17F2N3O2.